The van der Waals surface area contributed by atoms with E-state index in [0.29, 0.717) is 19.0 Å². The van der Waals surface area contributed by atoms with Crippen molar-refractivity contribution in [1.82, 2.24) is 10.6 Å². The van der Waals surface area contributed by atoms with Gasteiger partial charge in [-0.05, 0) is 39.7 Å². The molecule has 0 saturated carbocycles. The Bertz CT molecular complexity index is 786. The lowest BCUT2D eigenvalue weighted by atomic mass is 10.2. The van der Waals surface area contributed by atoms with E-state index in [-0.39, 0.29) is 30.8 Å². The number of nitrogens with one attached hydrogen (secondary N) is 2. The highest BCUT2D eigenvalue weighted by molar-refractivity contribution is 14.0. The van der Waals surface area contributed by atoms with E-state index in [9.17, 15) is 0 Å². The number of halogens is 2. The van der Waals surface area contributed by atoms with Crippen LogP contribution < -0.4 is 24.8 Å². The maximum atomic E-state index is 5.44. The Balaban J connectivity index is 0.00000243. The fourth-order valence-electron chi connectivity index (χ4n) is 2.56. The largest absolute Gasteiger partial charge is 0.496 e. The van der Waals surface area contributed by atoms with E-state index in [4.69, 9.17) is 14.2 Å². The van der Waals surface area contributed by atoms with Crippen LogP contribution in [0.1, 0.15) is 11.1 Å². The van der Waals surface area contributed by atoms with Crippen molar-refractivity contribution in [3.8, 4) is 17.2 Å². The lowest BCUT2D eigenvalue weighted by Gasteiger charge is -2.14. The van der Waals surface area contributed by atoms with Crippen molar-refractivity contribution in [2.75, 3.05) is 21.0 Å². The summed E-state index contributed by atoms with van der Waals surface area (Å²) in [5, 5.41) is 6.58. The molecular weight excluding hydrogens is 513 g/mol. The summed E-state index contributed by atoms with van der Waals surface area (Å²) in [5.74, 6) is 3.07. The summed E-state index contributed by atoms with van der Waals surface area (Å²) in [5.41, 5.74) is 2.13. The summed E-state index contributed by atoms with van der Waals surface area (Å²) >= 11 is 3.51. The zero-order valence-electron chi connectivity index (χ0n) is 14.5. The Hall–Kier alpha value is -1.68. The molecule has 1 heterocycles. The first kappa shape index (κ1) is 20.6. The number of aliphatic imine (C=N–C) groups is 1. The Kier molecular flexibility index (Phi) is 7.83. The first-order valence-electron chi connectivity index (χ1n) is 7.85. The van der Waals surface area contributed by atoms with E-state index in [1.54, 1.807) is 14.2 Å². The van der Waals surface area contributed by atoms with Crippen molar-refractivity contribution in [1.29, 1.82) is 0 Å². The van der Waals surface area contributed by atoms with Crippen LogP contribution in [-0.2, 0) is 13.1 Å². The Labute approximate surface area is 178 Å². The van der Waals surface area contributed by atoms with Crippen LogP contribution in [0.5, 0.6) is 17.2 Å². The van der Waals surface area contributed by atoms with Crippen molar-refractivity contribution >= 4 is 45.9 Å². The van der Waals surface area contributed by atoms with Crippen molar-refractivity contribution in [3.05, 3.63) is 52.0 Å². The van der Waals surface area contributed by atoms with Crippen molar-refractivity contribution in [2.24, 2.45) is 4.99 Å². The molecule has 2 N–H and O–H groups in total. The molecular formula is C18H21BrIN3O3. The lowest BCUT2D eigenvalue weighted by Crippen LogP contribution is -2.36. The molecule has 2 aromatic carbocycles. The quantitative estimate of drug-likeness (QED) is 0.349. The van der Waals surface area contributed by atoms with Gasteiger partial charge in [-0.1, -0.05) is 18.2 Å². The van der Waals surface area contributed by atoms with Crippen LogP contribution >= 0.6 is 39.9 Å². The average molecular weight is 534 g/mol. The molecule has 140 valence electrons. The SMILES string of the molecule is CN=C(NCc1cc(Br)c2c(c1)OCO2)NCc1ccccc1OC.I. The van der Waals surface area contributed by atoms with Crippen LogP contribution in [0.4, 0.5) is 0 Å². The molecule has 8 heteroatoms. The Morgan fingerprint density at radius 2 is 1.96 bits per heavy atom. The second-order valence-electron chi connectivity index (χ2n) is 5.40. The van der Waals surface area contributed by atoms with Gasteiger partial charge in [0.25, 0.3) is 0 Å². The minimum atomic E-state index is 0. The number of rotatable bonds is 5. The molecule has 0 radical (unpaired) electrons. The number of nitrogens with zero attached hydrogens (tertiary/aromatic N) is 1. The molecule has 0 aromatic heterocycles. The summed E-state index contributed by atoms with van der Waals surface area (Å²) in [7, 11) is 3.41. The molecule has 1 aliphatic heterocycles. The standard InChI is InChI=1S/C18H20BrN3O3.HI/c1-20-18(22-10-13-5-3-4-6-15(13)23-2)21-9-12-7-14(19)17-16(8-12)24-11-25-17;/h3-8H,9-11H2,1-2H3,(H2,20,21,22);1H. The minimum Gasteiger partial charge on any atom is -0.496 e. The van der Waals surface area contributed by atoms with E-state index in [2.05, 4.69) is 31.6 Å². The maximum Gasteiger partial charge on any atom is 0.231 e. The summed E-state index contributed by atoms with van der Waals surface area (Å²) < 4.78 is 17.1. The van der Waals surface area contributed by atoms with Gasteiger partial charge in [-0.2, -0.15) is 0 Å². The monoisotopic (exact) mass is 533 g/mol. The van der Waals surface area contributed by atoms with Gasteiger partial charge in [0, 0.05) is 25.7 Å². The number of methoxy groups -OCH3 is 1. The Morgan fingerprint density at radius 1 is 1.19 bits per heavy atom. The number of ether oxygens (including phenoxy) is 3. The fraction of sp³-hybridized carbons (Fsp3) is 0.278. The highest BCUT2D eigenvalue weighted by atomic mass is 127. The van der Waals surface area contributed by atoms with Gasteiger partial charge in [-0.15, -0.1) is 24.0 Å². The second-order valence-corrected chi connectivity index (χ2v) is 6.26. The zero-order valence-corrected chi connectivity index (χ0v) is 18.5. The summed E-state index contributed by atoms with van der Waals surface area (Å²) in [6.07, 6.45) is 0. The van der Waals surface area contributed by atoms with Crippen LogP contribution in [0.2, 0.25) is 0 Å². The summed E-state index contributed by atoms with van der Waals surface area (Å²) in [6.45, 7) is 1.49. The van der Waals surface area contributed by atoms with E-state index in [1.165, 1.54) is 0 Å². The smallest absolute Gasteiger partial charge is 0.231 e. The number of hydrogen-bond donors (Lipinski definition) is 2. The van der Waals surface area contributed by atoms with Crippen molar-refractivity contribution in [2.45, 2.75) is 13.1 Å². The Morgan fingerprint density at radius 3 is 2.73 bits per heavy atom. The van der Waals surface area contributed by atoms with E-state index >= 15 is 0 Å². The van der Waals surface area contributed by atoms with Crippen molar-refractivity contribution < 1.29 is 14.2 Å². The van der Waals surface area contributed by atoms with Gasteiger partial charge < -0.3 is 24.8 Å². The molecule has 2 aromatic rings. The number of guanidine groups is 1. The normalized spacial score (nSPS) is 12.3. The first-order valence-corrected chi connectivity index (χ1v) is 8.65. The molecule has 0 spiro atoms. The number of para-hydroxylation sites is 1. The van der Waals surface area contributed by atoms with Gasteiger partial charge in [-0.25, -0.2) is 0 Å². The third-order valence-corrected chi connectivity index (χ3v) is 4.40. The fourth-order valence-corrected chi connectivity index (χ4v) is 3.16. The molecule has 0 saturated heterocycles. The molecule has 0 amide bonds. The minimum absolute atomic E-state index is 0. The second kappa shape index (κ2) is 9.86. The van der Waals surface area contributed by atoms with Gasteiger partial charge >= 0.3 is 0 Å². The molecule has 0 fully saturated rings. The summed E-state index contributed by atoms with van der Waals surface area (Å²) in [4.78, 5) is 4.25. The molecule has 1 aliphatic rings. The lowest BCUT2D eigenvalue weighted by molar-refractivity contribution is 0.173. The molecule has 26 heavy (non-hydrogen) atoms. The third kappa shape index (κ3) is 4.94. The van der Waals surface area contributed by atoms with Crippen LogP contribution in [0, 0.1) is 0 Å². The van der Waals surface area contributed by atoms with Gasteiger partial charge in [0.05, 0.1) is 11.6 Å². The number of benzene rings is 2. The maximum absolute atomic E-state index is 5.44. The summed E-state index contributed by atoms with van der Waals surface area (Å²) in [6, 6.07) is 11.9. The van der Waals surface area contributed by atoms with Crippen LogP contribution in [-0.4, -0.2) is 26.9 Å². The topological polar surface area (TPSA) is 64.1 Å². The molecule has 0 bridgehead atoms. The molecule has 6 nitrogen and oxygen atoms in total. The highest BCUT2D eigenvalue weighted by Crippen LogP contribution is 2.39. The highest BCUT2D eigenvalue weighted by Gasteiger charge is 2.17. The number of hydrogen-bond acceptors (Lipinski definition) is 4. The molecule has 0 atom stereocenters. The number of fused-ring (bicyclic) bond motifs is 1. The van der Waals surface area contributed by atoms with Crippen LogP contribution in [0.3, 0.4) is 0 Å². The predicted octanol–water partition coefficient (Wildman–Crippen LogP) is 3.67. The van der Waals surface area contributed by atoms with Gasteiger partial charge in [0.1, 0.15) is 5.75 Å². The zero-order chi connectivity index (χ0) is 17.6. The average Bonchev–Trinajstić information content (AvgIpc) is 3.11. The predicted molar refractivity (Wildman–Crippen MR) is 116 cm³/mol. The van der Waals surface area contributed by atoms with Gasteiger partial charge in [-0.3, -0.25) is 4.99 Å². The van der Waals surface area contributed by atoms with Gasteiger partial charge in [0.2, 0.25) is 6.79 Å². The molecule has 3 rings (SSSR count). The van der Waals surface area contributed by atoms with E-state index in [0.717, 1.165) is 32.8 Å². The van der Waals surface area contributed by atoms with Crippen molar-refractivity contribution in [3.63, 3.8) is 0 Å². The molecule has 0 aliphatic carbocycles. The first-order chi connectivity index (χ1) is 12.2. The van der Waals surface area contributed by atoms with E-state index in [1.807, 2.05) is 36.4 Å². The van der Waals surface area contributed by atoms with E-state index < -0.39 is 0 Å². The van der Waals surface area contributed by atoms with Crippen LogP contribution in [0.25, 0.3) is 0 Å². The molecule has 0 unspecified atom stereocenters. The van der Waals surface area contributed by atoms with Crippen LogP contribution in [0.15, 0.2) is 45.9 Å². The third-order valence-electron chi connectivity index (χ3n) is 3.81. The van der Waals surface area contributed by atoms with Gasteiger partial charge in [0.15, 0.2) is 17.5 Å².